The number of carbonyl (C=O) groups excluding carboxylic acids is 1. The molecular weight excluding hydrogens is 288 g/mol. The fraction of sp³-hybridized carbons (Fsp3) is 0.632. The van der Waals surface area contributed by atoms with Crippen LogP contribution in [0.3, 0.4) is 0 Å². The molecule has 0 saturated heterocycles. The first-order chi connectivity index (χ1) is 10.5. The number of carbonyl (C=O) groups is 1. The van der Waals surface area contributed by atoms with E-state index in [9.17, 15) is 9.90 Å². The molecule has 0 aliphatic carbocycles. The zero-order valence-electron chi connectivity index (χ0n) is 15.4. The minimum Gasteiger partial charge on any atom is -0.507 e. The Bertz CT molecular complexity index is 516. The lowest BCUT2D eigenvalue weighted by molar-refractivity contribution is -0.120. The summed E-state index contributed by atoms with van der Waals surface area (Å²) < 4.78 is 0. The van der Waals surface area contributed by atoms with E-state index in [0.29, 0.717) is 25.3 Å². The molecule has 0 atom stereocenters. The van der Waals surface area contributed by atoms with Crippen molar-refractivity contribution in [3.63, 3.8) is 0 Å². The molecule has 1 aromatic carbocycles. The van der Waals surface area contributed by atoms with Crippen molar-refractivity contribution in [3.05, 3.63) is 28.8 Å². The van der Waals surface area contributed by atoms with Crippen molar-refractivity contribution in [2.45, 2.75) is 65.2 Å². The van der Waals surface area contributed by atoms with Crippen molar-refractivity contribution in [2.24, 2.45) is 5.73 Å². The van der Waals surface area contributed by atoms with Gasteiger partial charge in [0.05, 0.1) is 6.42 Å². The Morgan fingerprint density at radius 2 is 1.57 bits per heavy atom. The average Bonchev–Trinajstić information content (AvgIpc) is 2.38. The molecule has 0 bridgehead atoms. The lowest BCUT2D eigenvalue weighted by Gasteiger charge is -2.28. The van der Waals surface area contributed by atoms with Crippen LogP contribution >= 0.6 is 0 Å². The molecule has 4 heteroatoms. The summed E-state index contributed by atoms with van der Waals surface area (Å²) in [5.74, 6) is 0.334. The highest BCUT2D eigenvalue weighted by molar-refractivity contribution is 5.78. The molecule has 0 aromatic heterocycles. The molecule has 4 nitrogen and oxygen atoms in total. The van der Waals surface area contributed by atoms with Gasteiger partial charge in [0.25, 0.3) is 0 Å². The van der Waals surface area contributed by atoms with Gasteiger partial charge in [-0.2, -0.15) is 0 Å². The van der Waals surface area contributed by atoms with Crippen LogP contribution in [0.2, 0.25) is 0 Å². The summed E-state index contributed by atoms with van der Waals surface area (Å²) in [6, 6.07) is 3.90. The number of aromatic hydroxyl groups is 1. The highest BCUT2D eigenvalue weighted by Gasteiger charge is 2.26. The lowest BCUT2D eigenvalue weighted by Crippen LogP contribution is -2.28. The summed E-state index contributed by atoms with van der Waals surface area (Å²) in [5.41, 5.74) is 7.77. The van der Waals surface area contributed by atoms with E-state index in [-0.39, 0.29) is 16.7 Å². The average molecular weight is 320 g/mol. The maximum absolute atomic E-state index is 12.1. The minimum absolute atomic E-state index is 0.0103. The Morgan fingerprint density at radius 3 is 1.96 bits per heavy atom. The van der Waals surface area contributed by atoms with Crippen LogP contribution in [0.15, 0.2) is 12.1 Å². The lowest BCUT2D eigenvalue weighted by atomic mass is 9.78. The van der Waals surface area contributed by atoms with Gasteiger partial charge in [-0.15, -0.1) is 0 Å². The number of nitrogens with one attached hydrogen (secondary N) is 1. The van der Waals surface area contributed by atoms with Gasteiger partial charge < -0.3 is 16.2 Å². The zero-order valence-corrected chi connectivity index (χ0v) is 15.4. The van der Waals surface area contributed by atoms with Crippen LogP contribution < -0.4 is 11.1 Å². The largest absolute Gasteiger partial charge is 0.507 e. The molecule has 0 fully saturated rings. The predicted molar refractivity (Wildman–Crippen MR) is 95.9 cm³/mol. The van der Waals surface area contributed by atoms with E-state index >= 15 is 0 Å². The number of rotatable bonds is 5. The molecular formula is C19H32N2O2. The van der Waals surface area contributed by atoms with Gasteiger partial charge in [-0.3, -0.25) is 4.79 Å². The van der Waals surface area contributed by atoms with Crippen LogP contribution in [0.5, 0.6) is 5.75 Å². The quantitative estimate of drug-likeness (QED) is 0.730. The van der Waals surface area contributed by atoms with Gasteiger partial charge in [0.1, 0.15) is 5.75 Å². The van der Waals surface area contributed by atoms with Crippen molar-refractivity contribution in [2.75, 3.05) is 13.1 Å². The van der Waals surface area contributed by atoms with Crippen LogP contribution in [0, 0.1) is 0 Å². The van der Waals surface area contributed by atoms with Crippen molar-refractivity contribution in [1.29, 1.82) is 0 Å². The molecule has 0 unspecified atom stereocenters. The van der Waals surface area contributed by atoms with Gasteiger partial charge in [-0.1, -0.05) is 53.7 Å². The maximum Gasteiger partial charge on any atom is 0.224 e. The maximum atomic E-state index is 12.1. The molecule has 1 rings (SSSR count). The molecule has 0 saturated carbocycles. The topological polar surface area (TPSA) is 75.4 Å². The van der Waals surface area contributed by atoms with E-state index < -0.39 is 0 Å². The SMILES string of the molecule is CC(C)(C)c1cc(CC(=O)NCCCN)cc(C(C)(C)C)c1O. The Labute approximate surface area is 140 Å². The van der Waals surface area contributed by atoms with Crippen LogP contribution in [0.25, 0.3) is 0 Å². The van der Waals surface area contributed by atoms with Gasteiger partial charge in [-0.05, 0) is 40.5 Å². The normalized spacial score (nSPS) is 12.3. The van der Waals surface area contributed by atoms with Crippen LogP contribution in [-0.4, -0.2) is 24.1 Å². The second-order valence-electron chi connectivity index (χ2n) is 8.21. The highest BCUT2D eigenvalue weighted by Crippen LogP contribution is 2.39. The third kappa shape index (κ3) is 5.54. The molecule has 0 aliphatic rings. The van der Waals surface area contributed by atoms with E-state index in [2.05, 4.69) is 46.9 Å². The Kier molecular flexibility index (Phi) is 6.23. The smallest absolute Gasteiger partial charge is 0.224 e. The van der Waals surface area contributed by atoms with Crippen LogP contribution in [-0.2, 0) is 22.0 Å². The number of amides is 1. The highest BCUT2D eigenvalue weighted by atomic mass is 16.3. The van der Waals surface area contributed by atoms with E-state index in [1.165, 1.54) is 0 Å². The Balaban J connectivity index is 3.16. The van der Waals surface area contributed by atoms with Crippen molar-refractivity contribution in [3.8, 4) is 5.75 Å². The minimum atomic E-state index is -0.184. The summed E-state index contributed by atoms with van der Waals surface area (Å²) in [6.07, 6.45) is 1.10. The Morgan fingerprint density at radius 1 is 1.09 bits per heavy atom. The molecule has 0 aliphatic heterocycles. The van der Waals surface area contributed by atoms with Gasteiger partial charge >= 0.3 is 0 Å². The first kappa shape index (κ1) is 19.5. The summed E-state index contributed by atoms with van der Waals surface area (Å²) in [7, 11) is 0. The third-order valence-corrected chi connectivity index (χ3v) is 3.85. The summed E-state index contributed by atoms with van der Waals surface area (Å²) in [6.45, 7) is 13.6. The summed E-state index contributed by atoms with van der Waals surface area (Å²) >= 11 is 0. The van der Waals surface area contributed by atoms with E-state index in [1.807, 2.05) is 12.1 Å². The molecule has 130 valence electrons. The third-order valence-electron chi connectivity index (χ3n) is 3.85. The predicted octanol–water partition coefficient (Wildman–Crippen LogP) is 2.99. The zero-order chi connectivity index (χ0) is 17.8. The molecule has 0 spiro atoms. The summed E-state index contributed by atoms with van der Waals surface area (Å²) in [5, 5.41) is 13.6. The van der Waals surface area contributed by atoms with Gasteiger partial charge in [0.15, 0.2) is 0 Å². The first-order valence-electron chi connectivity index (χ1n) is 8.30. The fourth-order valence-corrected chi connectivity index (χ4v) is 2.52. The fourth-order valence-electron chi connectivity index (χ4n) is 2.52. The number of hydrogen-bond donors (Lipinski definition) is 3. The molecule has 23 heavy (non-hydrogen) atoms. The molecule has 0 radical (unpaired) electrons. The molecule has 4 N–H and O–H groups in total. The second kappa shape index (κ2) is 7.35. The number of hydrogen-bond acceptors (Lipinski definition) is 3. The Hall–Kier alpha value is -1.55. The number of phenols is 1. The van der Waals surface area contributed by atoms with Gasteiger partial charge in [0, 0.05) is 6.54 Å². The number of phenolic OH excluding ortho intramolecular Hbond substituents is 1. The van der Waals surface area contributed by atoms with Crippen molar-refractivity contribution in [1.82, 2.24) is 5.32 Å². The van der Waals surface area contributed by atoms with E-state index in [1.54, 1.807) is 0 Å². The van der Waals surface area contributed by atoms with Crippen molar-refractivity contribution >= 4 is 5.91 Å². The number of benzene rings is 1. The molecule has 0 heterocycles. The summed E-state index contributed by atoms with van der Waals surface area (Å²) in [4.78, 5) is 12.1. The van der Waals surface area contributed by atoms with Crippen LogP contribution in [0.1, 0.15) is 64.7 Å². The molecule has 1 amide bonds. The standard InChI is InChI=1S/C19H32N2O2/c1-18(2,3)14-10-13(12-16(22)21-9-7-8-20)11-15(17(14)23)19(4,5)6/h10-11,23H,7-9,12,20H2,1-6H3,(H,21,22). The van der Waals surface area contributed by atoms with Crippen LogP contribution in [0.4, 0.5) is 0 Å². The first-order valence-corrected chi connectivity index (χ1v) is 8.30. The second-order valence-corrected chi connectivity index (χ2v) is 8.21. The van der Waals surface area contributed by atoms with E-state index in [0.717, 1.165) is 23.1 Å². The van der Waals surface area contributed by atoms with Gasteiger partial charge in [-0.25, -0.2) is 0 Å². The monoisotopic (exact) mass is 320 g/mol. The molecule has 1 aromatic rings. The van der Waals surface area contributed by atoms with Crippen molar-refractivity contribution < 1.29 is 9.90 Å². The number of nitrogens with two attached hydrogens (primary N) is 1. The van der Waals surface area contributed by atoms with E-state index in [4.69, 9.17) is 5.73 Å². The van der Waals surface area contributed by atoms with Gasteiger partial charge in [0.2, 0.25) is 5.91 Å².